The first-order valence-corrected chi connectivity index (χ1v) is 5.62. The van der Waals surface area contributed by atoms with Crippen LogP contribution in [0.1, 0.15) is 25.0 Å². The van der Waals surface area contributed by atoms with Crippen LogP contribution in [0.2, 0.25) is 0 Å². The Hall–Kier alpha value is -1.16. The van der Waals surface area contributed by atoms with Gasteiger partial charge in [0.25, 0.3) is 0 Å². The molecule has 0 amide bonds. The van der Waals surface area contributed by atoms with Crippen molar-refractivity contribution in [1.82, 2.24) is 15.3 Å². The minimum Gasteiger partial charge on any atom is -0.364 e. The molecule has 3 rings (SSSR count). The molecule has 0 aromatic carbocycles. The van der Waals surface area contributed by atoms with E-state index in [9.17, 15) is 0 Å². The van der Waals surface area contributed by atoms with Gasteiger partial charge < -0.3 is 10.6 Å². The lowest BCUT2D eigenvalue weighted by molar-refractivity contribution is 0.526. The van der Waals surface area contributed by atoms with Crippen LogP contribution in [0.25, 0.3) is 0 Å². The van der Waals surface area contributed by atoms with Crippen molar-refractivity contribution in [3.05, 3.63) is 18.1 Å². The van der Waals surface area contributed by atoms with Crippen molar-refractivity contribution < 1.29 is 0 Å². The SMILES string of the molecule is Cc1cnc(NC2CC3CCC2N3)cn1. The molecule has 2 fully saturated rings. The second-order valence-corrected chi connectivity index (χ2v) is 4.58. The molecule has 2 bridgehead atoms. The first-order chi connectivity index (χ1) is 7.31. The number of aryl methyl sites for hydroxylation is 1. The van der Waals surface area contributed by atoms with Crippen LogP contribution in [0.3, 0.4) is 0 Å². The summed E-state index contributed by atoms with van der Waals surface area (Å²) < 4.78 is 0. The second kappa shape index (κ2) is 3.45. The predicted octanol–water partition coefficient (Wildman–Crippen LogP) is 1.09. The molecule has 80 valence electrons. The van der Waals surface area contributed by atoms with Crippen molar-refractivity contribution in [2.24, 2.45) is 0 Å². The van der Waals surface area contributed by atoms with Gasteiger partial charge in [0.15, 0.2) is 0 Å². The average molecular weight is 204 g/mol. The standard InChI is InChI=1S/C11H16N4/c1-7-5-13-11(6-12-7)15-10-4-8-2-3-9(10)14-8/h5-6,8-10,14H,2-4H2,1H3,(H,13,15). The van der Waals surface area contributed by atoms with E-state index in [1.54, 1.807) is 0 Å². The molecular formula is C11H16N4. The molecule has 1 aromatic rings. The highest BCUT2D eigenvalue weighted by Gasteiger charge is 2.38. The molecule has 2 N–H and O–H groups in total. The normalized spacial score (nSPS) is 33.3. The summed E-state index contributed by atoms with van der Waals surface area (Å²) in [7, 11) is 0. The zero-order chi connectivity index (χ0) is 10.3. The number of nitrogens with zero attached hydrogens (tertiary/aromatic N) is 2. The summed E-state index contributed by atoms with van der Waals surface area (Å²) in [5, 5.41) is 7.06. The maximum absolute atomic E-state index is 4.32. The lowest BCUT2D eigenvalue weighted by Gasteiger charge is -2.21. The number of fused-ring (bicyclic) bond motifs is 2. The van der Waals surface area contributed by atoms with Crippen LogP contribution in [0.4, 0.5) is 5.82 Å². The van der Waals surface area contributed by atoms with Crippen molar-refractivity contribution >= 4 is 5.82 Å². The van der Waals surface area contributed by atoms with E-state index in [0.29, 0.717) is 12.1 Å². The lowest BCUT2D eigenvalue weighted by atomic mass is 9.95. The van der Waals surface area contributed by atoms with Gasteiger partial charge in [-0.2, -0.15) is 0 Å². The molecule has 3 unspecified atom stereocenters. The van der Waals surface area contributed by atoms with E-state index >= 15 is 0 Å². The summed E-state index contributed by atoms with van der Waals surface area (Å²) in [5.41, 5.74) is 0.964. The van der Waals surface area contributed by atoms with Gasteiger partial charge in [0.05, 0.1) is 18.1 Å². The molecule has 15 heavy (non-hydrogen) atoms. The molecule has 0 saturated carbocycles. The molecule has 1 aromatic heterocycles. The Morgan fingerprint density at radius 2 is 2.27 bits per heavy atom. The highest BCUT2D eigenvalue weighted by Crippen LogP contribution is 2.29. The highest BCUT2D eigenvalue weighted by atomic mass is 15.1. The quantitative estimate of drug-likeness (QED) is 0.757. The minimum atomic E-state index is 0.542. The van der Waals surface area contributed by atoms with Gasteiger partial charge in [-0.05, 0) is 26.2 Å². The topological polar surface area (TPSA) is 49.8 Å². The molecule has 4 heteroatoms. The molecule has 0 spiro atoms. The van der Waals surface area contributed by atoms with Crippen LogP contribution in [0.5, 0.6) is 0 Å². The molecule has 0 radical (unpaired) electrons. The fourth-order valence-electron chi connectivity index (χ4n) is 2.64. The zero-order valence-electron chi connectivity index (χ0n) is 8.90. The largest absolute Gasteiger partial charge is 0.364 e. The van der Waals surface area contributed by atoms with E-state index in [2.05, 4.69) is 20.6 Å². The molecule has 2 aliphatic heterocycles. The predicted molar refractivity (Wildman–Crippen MR) is 58.7 cm³/mol. The monoisotopic (exact) mass is 204 g/mol. The van der Waals surface area contributed by atoms with Crippen LogP contribution in [-0.2, 0) is 0 Å². The zero-order valence-corrected chi connectivity index (χ0v) is 8.90. The summed E-state index contributed by atoms with van der Waals surface area (Å²) >= 11 is 0. The summed E-state index contributed by atoms with van der Waals surface area (Å²) in [5.74, 6) is 0.903. The van der Waals surface area contributed by atoms with Crippen LogP contribution < -0.4 is 10.6 Å². The molecule has 4 nitrogen and oxygen atoms in total. The van der Waals surface area contributed by atoms with Gasteiger partial charge in [0.2, 0.25) is 0 Å². The Morgan fingerprint density at radius 3 is 2.87 bits per heavy atom. The van der Waals surface area contributed by atoms with Crippen LogP contribution >= 0.6 is 0 Å². The Balaban J connectivity index is 1.68. The first kappa shape index (κ1) is 9.09. The molecular weight excluding hydrogens is 188 g/mol. The smallest absolute Gasteiger partial charge is 0.144 e. The van der Waals surface area contributed by atoms with Crippen molar-refractivity contribution in [1.29, 1.82) is 0 Å². The van der Waals surface area contributed by atoms with E-state index in [4.69, 9.17) is 0 Å². The summed E-state index contributed by atoms with van der Waals surface area (Å²) in [6.45, 7) is 1.95. The maximum atomic E-state index is 4.32. The Kier molecular flexibility index (Phi) is 2.09. The number of hydrogen-bond donors (Lipinski definition) is 2. The molecule has 2 saturated heterocycles. The number of anilines is 1. The summed E-state index contributed by atoms with van der Waals surface area (Å²) in [6.07, 6.45) is 7.48. The minimum absolute atomic E-state index is 0.542. The van der Waals surface area contributed by atoms with Crippen molar-refractivity contribution in [2.45, 2.75) is 44.3 Å². The van der Waals surface area contributed by atoms with Gasteiger partial charge in [-0.25, -0.2) is 4.98 Å². The molecule has 3 atom stereocenters. The van der Waals surface area contributed by atoms with Gasteiger partial charge in [-0.3, -0.25) is 4.98 Å². The molecule has 3 heterocycles. The highest BCUT2D eigenvalue weighted by molar-refractivity contribution is 5.34. The van der Waals surface area contributed by atoms with E-state index in [1.165, 1.54) is 19.3 Å². The van der Waals surface area contributed by atoms with Crippen LogP contribution in [-0.4, -0.2) is 28.1 Å². The van der Waals surface area contributed by atoms with E-state index < -0.39 is 0 Å². The van der Waals surface area contributed by atoms with Crippen molar-refractivity contribution in [3.8, 4) is 0 Å². The van der Waals surface area contributed by atoms with Gasteiger partial charge in [0.1, 0.15) is 5.82 Å². The van der Waals surface area contributed by atoms with Gasteiger partial charge >= 0.3 is 0 Å². The van der Waals surface area contributed by atoms with E-state index in [0.717, 1.165) is 17.6 Å². The van der Waals surface area contributed by atoms with Gasteiger partial charge in [-0.15, -0.1) is 0 Å². The summed E-state index contributed by atoms with van der Waals surface area (Å²) in [6, 6.07) is 1.91. The van der Waals surface area contributed by atoms with Crippen molar-refractivity contribution in [3.63, 3.8) is 0 Å². The number of nitrogens with one attached hydrogen (secondary N) is 2. The third kappa shape index (κ3) is 1.69. The van der Waals surface area contributed by atoms with Crippen LogP contribution in [0, 0.1) is 6.92 Å². The Morgan fingerprint density at radius 1 is 1.33 bits per heavy atom. The fourth-order valence-corrected chi connectivity index (χ4v) is 2.64. The average Bonchev–Trinajstić information content (AvgIpc) is 2.83. The summed E-state index contributed by atoms with van der Waals surface area (Å²) in [4.78, 5) is 8.56. The van der Waals surface area contributed by atoms with E-state index in [-0.39, 0.29) is 0 Å². The van der Waals surface area contributed by atoms with Crippen LogP contribution in [0.15, 0.2) is 12.4 Å². The Labute approximate surface area is 89.5 Å². The third-order valence-electron chi connectivity index (χ3n) is 3.41. The lowest BCUT2D eigenvalue weighted by Crippen LogP contribution is -2.33. The second-order valence-electron chi connectivity index (χ2n) is 4.58. The molecule has 2 aliphatic rings. The number of hydrogen-bond acceptors (Lipinski definition) is 4. The number of rotatable bonds is 2. The first-order valence-electron chi connectivity index (χ1n) is 5.62. The van der Waals surface area contributed by atoms with Gasteiger partial charge in [-0.1, -0.05) is 0 Å². The third-order valence-corrected chi connectivity index (χ3v) is 3.41. The number of aromatic nitrogens is 2. The van der Waals surface area contributed by atoms with Crippen molar-refractivity contribution in [2.75, 3.05) is 5.32 Å². The van der Waals surface area contributed by atoms with E-state index in [1.807, 2.05) is 19.3 Å². The molecule has 0 aliphatic carbocycles. The maximum Gasteiger partial charge on any atom is 0.144 e. The Bertz CT molecular complexity index is 348. The van der Waals surface area contributed by atoms with Gasteiger partial charge in [0, 0.05) is 18.1 Å². The fraction of sp³-hybridized carbons (Fsp3) is 0.636.